The number of anilines is 1. The highest BCUT2D eigenvalue weighted by atomic mass is 35.5. The molecule has 1 atom stereocenters. The van der Waals surface area contributed by atoms with Crippen LogP contribution in [0.15, 0.2) is 11.0 Å². The summed E-state index contributed by atoms with van der Waals surface area (Å²) in [6.07, 6.45) is 2.82. The molecular weight excluding hydrogens is 264 g/mol. The summed E-state index contributed by atoms with van der Waals surface area (Å²) < 4.78 is 1.40. The first-order valence-electron chi connectivity index (χ1n) is 6.68. The zero-order valence-corrected chi connectivity index (χ0v) is 12.4. The van der Waals surface area contributed by atoms with Crippen molar-refractivity contribution in [3.8, 4) is 0 Å². The lowest BCUT2D eigenvalue weighted by Crippen LogP contribution is -2.26. The molecule has 19 heavy (non-hydrogen) atoms. The van der Waals surface area contributed by atoms with Crippen molar-refractivity contribution in [2.45, 2.75) is 26.3 Å². The number of hydrogen-bond donors (Lipinski definition) is 1. The molecule has 1 unspecified atom stereocenters. The third-order valence-electron chi connectivity index (χ3n) is 3.50. The van der Waals surface area contributed by atoms with E-state index in [2.05, 4.69) is 22.4 Å². The van der Waals surface area contributed by atoms with Crippen molar-refractivity contribution >= 4 is 17.3 Å². The Hall–Kier alpha value is -1.07. The highest BCUT2D eigenvalue weighted by Crippen LogP contribution is 2.19. The Balaban J connectivity index is 2.05. The van der Waals surface area contributed by atoms with Crippen molar-refractivity contribution in [2.75, 3.05) is 32.0 Å². The summed E-state index contributed by atoms with van der Waals surface area (Å²) in [5.74, 6) is 0.605. The van der Waals surface area contributed by atoms with Crippen molar-refractivity contribution in [3.63, 3.8) is 0 Å². The van der Waals surface area contributed by atoms with Gasteiger partial charge in [0.1, 0.15) is 5.02 Å². The smallest absolute Gasteiger partial charge is 0.287 e. The number of hydrogen-bond acceptors (Lipinski definition) is 4. The van der Waals surface area contributed by atoms with Gasteiger partial charge in [0.15, 0.2) is 0 Å². The summed E-state index contributed by atoms with van der Waals surface area (Å²) in [5.41, 5.74) is 0.406. The van der Waals surface area contributed by atoms with Crippen molar-refractivity contribution < 1.29 is 0 Å². The molecule has 0 aromatic carbocycles. The van der Waals surface area contributed by atoms with E-state index in [0.717, 1.165) is 19.6 Å². The van der Waals surface area contributed by atoms with E-state index in [0.29, 0.717) is 11.6 Å². The normalized spacial score (nSPS) is 20.2. The molecule has 0 saturated carbocycles. The topological polar surface area (TPSA) is 50.2 Å². The van der Waals surface area contributed by atoms with E-state index in [1.165, 1.54) is 11.1 Å². The summed E-state index contributed by atoms with van der Waals surface area (Å²) >= 11 is 6.11. The Labute approximate surface area is 118 Å². The number of nitrogens with zero attached hydrogens (tertiary/aromatic N) is 3. The Morgan fingerprint density at radius 2 is 2.32 bits per heavy atom. The monoisotopic (exact) mass is 284 g/mol. The summed E-state index contributed by atoms with van der Waals surface area (Å²) in [6, 6.07) is 0.0162. The van der Waals surface area contributed by atoms with E-state index >= 15 is 0 Å². The molecule has 0 aliphatic carbocycles. The quantitative estimate of drug-likeness (QED) is 0.917. The van der Waals surface area contributed by atoms with Crippen LogP contribution in [0.5, 0.6) is 0 Å². The summed E-state index contributed by atoms with van der Waals surface area (Å²) in [7, 11) is 2.12. The molecule has 1 fully saturated rings. The van der Waals surface area contributed by atoms with Crippen molar-refractivity contribution in [1.29, 1.82) is 0 Å². The van der Waals surface area contributed by atoms with E-state index in [9.17, 15) is 4.79 Å². The van der Waals surface area contributed by atoms with E-state index < -0.39 is 0 Å². The minimum absolute atomic E-state index is 0.0162. The van der Waals surface area contributed by atoms with Crippen molar-refractivity contribution in [2.24, 2.45) is 5.92 Å². The lowest BCUT2D eigenvalue weighted by atomic mass is 10.1. The second kappa shape index (κ2) is 5.92. The minimum Gasteiger partial charge on any atom is -0.382 e. The van der Waals surface area contributed by atoms with Gasteiger partial charge in [-0.1, -0.05) is 11.6 Å². The van der Waals surface area contributed by atoms with Gasteiger partial charge in [-0.3, -0.25) is 4.79 Å². The average molecular weight is 285 g/mol. The average Bonchev–Trinajstić information content (AvgIpc) is 2.76. The van der Waals surface area contributed by atoms with Gasteiger partial charge < -0.3 is 10.2 Å². The van der Waals surface area contributed by atoms with Gasteiger partial charge in [-0.05, 0) is 39.8 Å². The molecule has 1 saturated heterocycles. The van der Waals surface area contributed by atoms with Gasteiger partial charge in [0, 0.05) is 13.1 Å². The van der Waals surface area contributed by atoms with Crippen LogP contribution in [-0.4, -0.2) is 41.4 Å². The van der Waals surface area contributed by atoms with Crippen LogP contribution in [0.3, 0.4) is 0 Å². The zero-order chi connectivity index (χ0) is 14.0. The molecule has 0 amide bonds. The standard InChI is InChI=1S/C13H21ClN4O/c1-9(2)18-13(19)12(14)11(7-16-18)15-6-10-4-5-17(3)8-10/h7,9-10,15H,4-6,8H2,1-3H3. The van der Waals surface area contributed by atoms with Crippen LogP contribution in [0.25, 0.3) is 0 Å². The van der Waals surface area contributed by atoms with Crippen LogP contribution in [0.2, 0.25) is 5.02 Å². The Morgan fingerprint density at radius 1 is 1.58 bits per heavy atom. The maximum atomic E-state index is 12.0. The Bertz CT molecular complexity index is 500. The van der Waals surface area contributed by atoms with Gasteiger partial charge in [-0.2, -0.15) is 5.10 Å². The highest BCUT2D eigenvalue weighted by molar-refractivity contribution is 6.32. The van der Waals surface area contributed by atoms with Crippen molar-refractivity contribution in [3.05, 3.63) is 21.6 Å². The minimum atomic E-state index is -0.231. The van der Waals surface area contributed by atoms with Crippen LogP contribution < -0.4 is 10.9 Å². The first kappa shape index (κ1) is 14.3. The van der Waals surface area contributed by atoms with E-state index in [1.807, 2.05) is 13.8 Å². The molecule has 0 radical (unpaired) electrons. The highest BCUT2D eigenvalue weighted by Gasteiger charge is 2.20. The predicted octanol–water partition coefficient (Wildman–Crippen LogP) is 1.84. The van der Waals surface area contributed by atoms with E-state index in [4.69, 9.17) is 11.6 Å². The zero-order valence-electron chi connectivity index (χ0n) is 11.7. The van der Waals surface area contributed by atoms with E-state index in [1.54, 1.807) is 6.20 Å². The molecule has 1 aromatic heterocycles. The van der Waals surface area contributed by atoms with Gasteiger partial charge in [0.05, 0.1) is 17.9 Å². The first-order valence-corrected chi connectivity index (χ1v) is 7.06. The van der Waals surface area contributed by atoms with Crippen LogP contribution in [-0.2, 0) is 0 Å². The van der Waals surface area contributed by atoms with Crippen LogP contribution in [0, 0.1) is 5.92 Å². The first-order chi connectivity index (χ1) is 8.99. The number of rotatable bonds is 4. The fraction of sp³-hybridized carbons (Fsp3) is 0.692. The molecule has 1 aliphatic rings. The third-order valence-corrected chi connectivity index (χ3v) is 3.87. The number of likely N-dealkylation sites (tertiary alicyclic amines) is 1. The molecule has 1 aromatic rings. The molecule has 2 rings (SSSR count). The number of halogens is 1. The number of aromatic nitrogens is 2. The summed E-state index contributed by atoms with van der Waals surface area (Å²) in [6.45, 7) is 6.86. The Kier molecular flexibility index (Phi) is 4.47. The molecule has 0 bridgehead atoms. The maximum Gasteiger partial charge on any atom is 0.287 e. The van der Waals surface area contributed by atoms with E-state index in [-0.39, 0.29) is 16.6 Å². The predicted molar refractivity (Wildman–Crippen MR) is 78.0 cm³/mol. The van der Waals surface area contributed by atoms with Crippen LogP contribution in [0.1, 0.15) is 26.3 Å². The van der Waals surface area contributed by atoms with Gasteiger partial charge >= 0.3 is 0 Å². The van der Waals surface area contributed by atoms with Gasteiger partial charge in [0.25, 0.3) is 5.56 Å². The van der Waals surface area contributed by atoms with Gasteiger partial charge in [0.2, 0.25) is 0 Å². The Morgan fingerprint density at radius 3 is 2.89 bits per heavy atom. The fourth-order valence-electron chi connectivity index (χ4n) is 2.38. The number of nitrogens with one attached hydrogen (secondary N) is 1. The lowest BCUT2D eigenvalue weighted by Gasteiger charge is -2.15. The largest absolute Gasteiger partial charge is 0.382 e. The van der Waals surface area contributed by atoms with Crippen LogP contribution in [0.4, 0.5) is 5.69 Å². The molecule has 6 heteroatoms. The summed E-state index contributed by atoms with van der Waals surface area (Å²) in [5, 5.41) is 7.63. The van der Waals surface area contributed by atoms with Crippen LogP contribution >= 0.6 is 11.6 Å². The van der Waals surface area contributed by atoms with Gasteiger partial charge in [-0.15, -0.1) is 0 Å². The molecular formula is C13H21ClN4O. The molecule has 0 spiro atoms. The molecule has 106 valence electrons. The third kappa shape index (κ3) is 3.28. The molecule has 1 N–H and O–H groups in total. The lowest BCUT2D eigenvalue weighted by molar-refractivity contribution is 0.399. The second-order valence-electron chi connectivity index (χ2n) is 5.51. The molecule has 5 nitrogen and oxygen atoms in total. The van der Waals surface area contributed by atoms with Gasteiger partial charge in [-0.25, -0.2) is 4.68 Å². The molecule has 1 aliphatic heterocycles. The van der Waals surface area contributed by atoms with Crippen molar-refractivity contribution in [1.82, 2.24) is 14.7 Å². The SMILES string of the molecule is CC(C)n1ncc(NCC2CCN(C)C2)c(Cl)c1=O. The second-order valence-corrected chi connectivity index (χ2v) is 5.89. The summed E-state index contributed by atoms with van der Waals surface area (Å²) in [4.78, 5) is 14.3. The maximum absolute atomic E-state index is 12.0. The fourth-order valence-corrected chi connectivity index (χ4v) is 2.59. The molecule has 2 heterocycles.